The Labute approximate surface area is 161 Å². The molecule has 0 unspecified atom stereocenters. The molecule has 1 aromatic heterocycles. The molecule has 6 nitrogen and oxygen atoms in total. The van der Waals surface area contributed by atoms with E-state index in [2.05, 4.69) is 20.0 Å². The van der Waals surface area contributed by atoms with Gasteiger partial charge in [0.1, 0.15) is 5.82 Å². The zero-order chi connectivity index (χ0) is 19.6. The molecule has 4 rings (SSSR count). The first kappa shape index (κ1) is 17.9. The van der Waals surface area contributed by atoms with Crippen LogP contribution in [0.15, 0.2) is 83.8 Å². The van der Waals surface area contributed by atoms with Crippen LogP contribution >= 0.6 is 0 Å². The maximum absolute atomic E-state index is 14.1. The van der Waals surface area contributed by atoms with Gasteiger partial charge in [0.15, 0.2) is 11.6 Å². The third-order valence-corrected chi connectivity index (χ3v) is 5.34. The molecule has 0 fully saturated rings. The van der Waals surface area contributed by atoms with Crippen molar-refractivity contribution in [3.8, 4) is 0 Å². The van der Waals surface area contributed by atoms with Gasteiger partial charge in [-0.3, -0.25) is 4.72 Å². The molecule has 0 amide bonds. The van der Waals surface area contributed by atoms with E-state index in [9.17, 15) is 12.8 Å². The molecule has 8 heteroatoms. The van der Waals surface area contributed by atoms with Crippen LogP contribution in [0.2, 0.25) is 0 Å². The number of halogens is 1. The number of hydrogen-bond donors (Lipinski definition) is 2. The predicted molar refractivity (Wildman–Crippen MR) is 106 cm³/mol. The zero-order valence-electron chi connectivity index (χ0n) is 14.5. The zero-order valence-corrected chi connectivity index (χ0v) is 15.3. The van der Waals surface area contributed by atoms with Crippen LogP contribution in [0.5, 0.6) is 0 Å². The van der Waals surface area contributed by atoms with Gasteiger partial charge in [0.25, 0.3) is 10.0 Å². The third-order valence-electron chi connectivity index (χ3n) is 3.98. The van der Waals surface area contributed by atoms with Crippen LogP contribution in [0.3, 0.4) is 0 Å². The van der Waals surface area contributed by atoms with Gasteiger partial charge in [-0.05, 0) is 36.4 Å². The number of hydrogen-bond acceptors (Lipinski definition) is 5. The highest BCUT2D eigenvalue weighted by molar-refractivity contribution is 7.92. The van der Waals surface area contributed by atoms with Crippen molar-refractivity contribution in [2.45, 2.75) is 4.90 Å². The summed E-state index contributed by atoms with van der Waals surface area (Å²) in [5.74, 6) is -0.413. The van der Waals surface area contributed by atoms with Gasteiger partial charge in [-0.2, -0.15) is 0 Å². The summed E-state index contributed by atoms with van der Waals surface area (Å²) in [6, 6.07) is 21.0. The van der Waals surface area contributed by atoms with Crippen LogP contribution < -0.4 is 10.0 Å². The van der Waals surface area contributed by atoms with Crippen molar-refractivity contribution in [2.24, 2.45) is 0 Å². The standard InChI is InChI=1S/C20H15FN4O2S/c21-15-10-4-5-11-16(15)22-19-20(24-18-13-7-6-12-17(18)23-19)25-28(26,27)14-8-2-1-3-9-14/h1-13H,(H,22,23)(H,24,25). The molecule has 0 radical (unpaired) electrons. The maximum atomic E-state index is 14.1. The number of aromatic nitrogens is 2. The Morgan fingerprint density at radius 2 is 1.29 bits per heavy atom. The molecule has 0 aliphatic rings. The lowest BCUT2D eigenvalue weighted by molar-refractivity contribution is 0.601. The SMILES string of the molecule is O=S(=O)(Nc1nc2ccccc2nc1Nc1ccccc1F)c1ccccc1. The highest BCUT2D eigenvalue weighted by Crippen LogP contribution is 2.28. The number of anilines is 3. The van der Waals surface area contributed by atoms with Crippen LogP contribution in [-0.4, -0.2) is 18.4 Å². The first-order valence-corrected chi connectivity index (χ1v) is 9.87. The Bertz CT molecular complexity index is 1250. The molecule has 0 saturated heterocycles. The monoisotopic (exact) mass is 394 g/mol. The largest absolute Gasteiger partial charge is 0.335 e. The van der Waals surface area contributed by atoms with E-state index in [0.717, 1.165) is 0 Å². The molecule has 0 aliphatic carbocycles. The topological polar surface area (TPSA) is 84.0 Å². The van der Waals surface area contributed by atoms with E-state index in [0.29, 0.717) is 11.0 Å². The van der Waals surface area contributed by atoms with Crippen molar-refractivity contribution >= 4 is 38.4 Å². The molecular weight excluding hydrogens is 379 g/mol. The molecule has 4 aromatic rings. The summed E-state index contributed by atoms with van der Waals surface area (Å²) in [4.78, 5) is 8.88. The average Bonchev–Trinajstić information content (AvgIpc) is 2.70. The van der Waals surface area contributed by atoms with Gasteiger partial charge >= 0.3 is 0 Å². The van der Waals surface area contributed by atoms with Gasteiger partial charge in [-0.15, -0.1) is 0 Å². The van der Waals surface area contributed by atoms with Gasteiger partial charge in [0.2, 0.25) is 0 Å². The lowest BCUT2D eigenvalue weighted by atomic mass is 10.3. The smallest absolute Gasteiger partial charge is 0.263 e. The fourth-order valence-corrected chi connectivity index (χ4v) is 3.66. The normalized spacial score (nSPS) is 11.3. The molecule has 2 N–H and O–H groups in total. The highest BCUT2D eigenvalue weighted by Gasteiger charge is 2.19. The third kappa shape index (κ3) is 3.63. The fourth-order valence-electron chi connectivity index (χ4n) is 2.63. The first-order valence-electron chi connectivity index (χ1n) is 8.39. The van der Waals surface area contributed by atoms with Gasteiger partial charge < -0.3 is 5.32 Å². The van der Waals surface area contributed by atoms with Gasteiger partial charge in [-0.1, -0.05) is 42.5 Å². The Kier molecular flexibility index (Phi) is 4.62. The molecule has 0 spiro atoms. The minimum atomic E-state index is -3.89. The Morgan fingerprint density at radius 3 is 1.96 bits per heavy atom. The van der Waals surface area contributed by atoms with Crippen molar-refractivity contribution < 1.29 is 12.8 Å². The molecule has 3 aromatic carbocycles. The lowest BCUT2D eigenvalue weighted by Gasteiger charge is -2.14. The van der Waals surface area contributed by atoms with Gasteiger partial charge in [0.05, 0.1) is 21.6 Å². The second-order valence-corrected chi connectivity index (χ2v) is 7.62. The average molecular weight is 394 g/mol. The highest BCUT2D eigenvalue weighted by atomic mass is 32.2. The fraction of sp³-hybridized carbons (Fsp3) is 0. The lowest BCUT2D eigenvalue weighted by Crippen LogP contribution is -2.16. The molecule has 140 valence electrons. The number of rotatable bonds is 5. The summed E-state index contributed by atoms with van der Waals surface area (Å²) in [6.07, 6.45) is 0. The molecule has 28 heavy (non-hydrogen) atoms. The number of para-hydroxylation sites is 3. The Morgan fingerprint density at radius 1 is 0.714 bits per heavy atom. The van der Waals surface area contributed by atoms with Crippen molar-refractivity contribution in [3.63, 3.8) is 0 Å². The van der Waals surface area contributed by atoms with E-state index in [-0.39, 0.29) is 22.2 Å². The summed E-state index contributed by atoms with van der Waals surface area (Å²) in [6.45, 7) is 0. The summed E-state index contributed by atoms with van der Waals surface area (Å²) < 4.78 is 42.0. The van der Waals surface area contributed by atoms with E-state index in [1.807, 2.05) is 0 Å². The van der Waals surface area contributed by atoms with E-state index < -0.39 is 15.8 Å². The van der Waals surface area contributed by atoms with Crippen LogP contribution in [0, 0.1) is 5.82 Å². The van der Waals surface area contributed by atoms with Crippen LogP contribution in [0.25, 0.3) is 11.0 Å². The van der Waals surface area contributed by atoms with Gasteiger partial charge in [0, 0.05) is 0 Å². The predicted octanol–water partition coefficient (Wildman–Crippen LogP) is 4.31. The Hall–Kier alpha value is -3.52. The van der Waals surface area contributed by atoms with Crippen molar-refractivity contribution in [3.05, 3.63) is 84.7 Å². The minimum Gasteiger partial charge on any atom is -0.335 e. The number of fused-ring (bicyclic) bond motifs is 1. The molecule has 0 bridgehead atoms. The molecule has 0 aliphatic heterocycles. The number of sulfonamides is 1. The van der Waals surface area contributed by atoms with E-state index in [4.69, 9.17) is 0 Å². The van der Waals surface area contributed by atoms with Crippen molar-refractivity contribution in [2.75, 3.05) is 10.0 Å². The van der Waals surface area contributed by atoms with E-state index in [1.54, 1.807) is 54.6 Å². The van der Waals surface area contributed by atoms with E-state index >= 15 is 0 Å². The second kappa shape index (κ2) is 7.24. The number of nitrogens with one attached hydrogen (secondary N) is 2. The van der Waals surface area contributed by atoms with Crippen LogP contribution in [0.4, 0.5) is 21.7 Å². The van der Waals surface area contributed by atoms with Gasteiger partial charge in [-0.25, -0.2) is 22.8 Å². The van der Waals surface area contributed by atoms with E-state index in [1.165, 1.54) is 24.3 Å². The Balaban J connectivity index is 1.81. The maximum Gasteiger partial charge on any atom is 0.263 e. The minimum absolute atomic E-state index is 0.0224. The summed E-state index contributed by atoms with van der Waals surface area (Å²) in [5, 5.41) is 2.83. The molecule has 0 atom stereocenters. The number of nitrogens with zero attached hydrogens (tertiary/aromatic N) is 2. The molecular formula is C20H15FN4O2S. The van der Waals surface area contributed by atoms with Crippen LogP contribution in [-0.2, 0) is 10.0 Å². The van der Waals surface area contributed by atoms with Crippen LogP contribution in [0.1, 0.15) is 0 Å². The summed E-state index contributed by atoms with van der Waals surface area (Å²) >= 11 is 0. The summed E-state index contributed by atoms with van der Waals surface area (Å²) in [5.41, 5.74) is 1.21. The molecule has 1 heterocycles. The van der Waals surface area contributed by atoms with Crippen molar-refractivity contribution in [1.82, 2.24) is 9.97 Å². The van der Waals surface area contributed by atoms with Crippen molar-refractivity contribution in [1.29, 1.82) is 0 Å². The first-order chi connectivity index (χ1) is 13.5. The quantitative estimate of drug-likeness (QED) is 0.527. The number of benzene rings is 3. The summed E-state index contributed by atoms with van der Waals surface area (Å²) in [7, 11) is -3.89. The second-order valence-electron chi connectivity index (χ2n) is 5.93. The molecule has 0 saturated carbocycles.